The van der Waals surface area contributed by atoms with Crippen molar-refractivity contribution in [3.8, 4) is 5.75 Å². The summed E-state index contributed by atoms with van der Waals surface area (Å²) in [7, 11) is 0. The highest BCUT2D eigenvalue weighted by Crippen LogP contribution is 2.30. The number of rotatable bonds is 8. The van der Waals surface area contributed by atoms with Gasteiger partial charge < -0.3 is 25.4 Å². The van der Waals surface area contributed by atoms with Gasteiger partial charge in [-0.3, -0.25) is 0 Å². The van der Waals surface area contributed by atoms with Gasteiger partial charge in [0.25, 0.3) is 0 Å². The van der Waals surface area contributed by atoms with E-state index in [1.54, 1.807) is 23.0 Å². The van der Waals surface area contributed by atoms with Gasteiger partial charge in [-0.2, -0.15) is 23.1 Å². The van der Waals surface area contributed by atoms with Crippen LogP contribution < -0.4 is 10.6 Å². The zero-order chi connectivity index (χ0) is 26.7. The molecule has 0 saturated heterocycles. The number of imidazole rings is 1. The number of fused-ring (bicyclic) bond motifs is 1. The molecule has 1 aliphatic rings. The van der Waals surface area contributed by atoms with Crippen molar-refractivity contribution in [1.29, 1.82) is 0 Å². The third kappa shape index (κ3) is 6.16. The van der Waals surface area contributed by atoms with Crippen LogP contribution in [0.2, 0.25) is 0 Å². The monoisotopic (exact) mass is 526 g/mol. The second kappa shape index (κ2) is 10.9. The molecule has 0 spiro atoms. The zero-order valence-corrected chi connectivity index (χ0v) is 20.6. The summed E-state index contributed by atoms with van der Waals surface area (Å²) in [4.78, 5) is 13.9. The predicted molar refractivity (Wildman–Crippen MR) is 138 cm³/mol. The van der Waals surface area contributed by atoms with Gasteiger partial charge in [0.15, 0.2) is 17.0 Å². The quantitative estimate of drug-likeness (QED) is 0.257. The smallest absolute Gasteiger partial charge is 0.416 e. The summed E-state index contributed by atoms with van der Waals surface area (Å²) in [5.74, 6) is 1.20. The standard InChI is InChI=1S/C27H29F3N6O2/c28-27(29,30)19-5-1-18(2-6-19)15-36-16-32-23-24(31-14-13-17-3-9-21(37)10-4-17)34-26(35-25(23)36)33-20-7-11-22(38)12-8-20/h1-6,9-10,16,20,22,37-38H,7-8,11-15H2,(H2,31,33,34,35). The number of benzene rings is 2. The van der Waals surface area contributed by atoms with Crippen LogP contribution in [-0.2, 0) is 19.1 Å². The Bertz CT molecular complexity index is 1360. The lowest BCUT2D eigenvalue weighted by atomic mass is 9.93. The molecule has 0 unspecified atom stereocenters. The molecule has 2 aromatic carbocycles. The molecule has 0 bridgehead atoms. The molecule has 200 valence electrons. The van der Waals surface area contributed by atoms with E-state index >= 15 is 0 Å². The van der Waals surface area contributed by atoms with Crippen LogP contribution in [0.15, 0.2) is 54.9 Å². The Kier molecular flexibility index (Phi) is 7.37. The van der Waals surface area contributed by atoms with Crippen molar-refractivity contribution in [2.45, 2.75) is 57.0 Å². The molecule has 1 saturated carbocycles. The van der Waals surface area contributed by atoms with Crippen molar-refractivity contribution < 1.29 is 23.4 Å². The number of halogens is 3. The first-order valence-corrected chi connectivity index (χ1v) is 12.6. The molecule has 2 aromatic heterocycles. The Morgan fingerprint density at radius 3 is 2.29 bits per heavy atom. The van der Waals surface area contributed by atoms with Gasteiger partial charge in [0.05, 0.1) is 24.5 Å². The summed E-state index contributed by atoms with van der Waals surface area (Å²) in [6.45, 7) is 0.866. The van der Waals surface area contributed by atoms with Gasteiger partial charge in [-0.15, -0.1) is 0 Å². The molecule has 1 aliphatic carbocycles. The number of phenols is 1. The summed E-state index contributed by atoms with van der Waals surface area (Å²) < 4.78 is 40.7. The van der Waals surface area contributed by atoms with Gasteiger partial charge in [0.1, 0.15) is 5.75 Å². The van der Waals surface area contributed by atoms with Crippen molar-refractivity contribution in [1.82, 2.24) is 19.5 Å². The molecule has 0 aliphatic heterocycles. The van der Waals surface area contributed by atoms with E-state index in [0.717, 1.165) is 30.5 Å². The van der Waals surface area contributed by atoms with E-state index in [9.17, 15) is 23.4 Å². The van der Waals surface area contributed by atoms with Crippen molar-refractivity contribution in [2.75, 3.05) is 17.2 Å². The van der Waals surface area contributed by atoms with Gasteiger partial charge in [-0.05, 0) is 67.5 Å². The number of aliphatic hydroxyl groups excluding tert-OH is 1. The molecular weight excluding hydrogens is 497 g/mol. The molecule has 5 rings (SSSR count). The summed E-state index contributed by atoms with van der Waals surface area (Å²) in [6, 6.07) is 12.2. The normalized spacial score (nSPS) is 18.0. The van der Waals surface area contributed by atoms with Crippen LogP contribution >= 0.6 is 0 Å². The fourth-order valence-corrected chi connectivity index (χ4v) is 4.63. The minimum absolute atomic E-state index is 0.131. The fraction of sp³-hybridized carbons (Fsp3) is 0.370. The SMILES string of the molecule is Oc1ccc(CCNc2nc(NC3CCC(O)CC3)nc3c2ncn3Cc2ccc(C(F)(F)F)cc2)cc1. The Balaban J connectivity index is 1.39. The Hall–Kier alpha value is -3.86. The lowest BCUT2D eigenvalue weighted by Gasteiger charge is -2.26. The lowest BCUT2D eigenvalue weighted by molar-refractivity contribution is -0.137. The van der Waals surface area contributed by atoms with E-state index in [1.807, 2.05) is 12.1 Å². The largest absolute Gasteiger partial charge is 0.508 e. The molecule has 2 heterocycles. The number of aromatic nitrogens is 4. The van der Waals surface area contributed by atoms with Crippen LogP contribution in [0.25, 0.3) is 11.2 Å². The Labute approximate surface area is 217 Å². The topological polar surface area (TPSA) is 108 Å². The van der Waals surface area contributed by atoms with Crippen LogP contribution in [0.4, 0.5) is 24.9 Å². The van der Waals surface area contributed by atoms with Crippen molar-refractivity contribution in [2.24, 2.45) is 0 Å². The molecule has 8 nitrogen and oxygen atoms in total. The van der Waals surface area contributed by atoms with Gasteiger partial charge in [0.2, 0.25) is 5.95 Å². The minimum atomic E-state index is -4.39. The summed E-state index contributed by atoms with van der Waals surface area (Å²) in [6.07, 6.45) is 0.675. The number of hydrogen-bond acceptors (Lipinski definition) is 7. The van der Waals surface area contributed by atoms with E-state index in [4.69, 9.17) is 4.98 Å². The van der Waals surface area contributed by atoms with E-state index in [0.29, 0.717) is 60.8 Å². The summed E-state index contributed by atoms with van der Waals surface area (Å²) in [5.41, 5.74) is 2.17. The number of nitrogens with zero attached hydrogens (tertiary/aromatic N) is 4. The zero-order valence-electron chi connectivity index (χ0n) is 20.6. The molecule has 4 N–H and O–H groups in total. The average molecular weight is 527 g/mol. The van der Waals surface area contributed by atoms with E-state index in [-0.39, 0.29) is 17.9 Å². The molecule has 0 atom stereocenters. The Morgan fingerprint density at radius 1 is 0.921 bits per heavy atom. The van der Waals surface area contributed by atoms with Gasteiger partial charge in [-0.25, -0.2) is 4.98 Å². The number of nitrogens with one attached hydrogen (secondary N) is 2. The first kappa shape index (κ1) is 25.8. The molecule has 11 heteroatoms. The van der Waals surface area contributed by atoms with Crippen LogP contribution in [0.1, 0.15) is 42.4 Å². The van der Waals surface area contributed by atoms with Crippen LogP contribution in [-0.4, -0.2) is 48.4 Å². The maximum atomic E-state index is 13.0. The number of aromatic hydroxyl groups is 1. The van der Waals surface area contributed by atoms with Gasteiger partial charge >= 0.3 is 6.18 Å². The molecule has 4 aromatic rings. The van der Waals surface area contributed by atoms with E-state index in [1.165, 1.54) is 12.1 Å². The molecule has 0 amide bonds. The van der Waals surface area contributed by atoms with E-state index < -0.39 is 11.7 Å². The third-order valence-corrected chi connectivity index (χ3v) is 6.77. The maximum absolute atomic E-state index is 13.0. The maximum Gasteiger partial charge on any atom is 0.416 e. The average Bonchev–Trinajstić information content (AvgIpc) is 3.29. The van der Waals surface area contributed by atoms with E-state index in [2.05, 4.69) is 20.6 Å². The number of hydrogen-bond donors (Lipinski definition) is 4. The molecular formula is C27H29F3N6O2. The number of anilines is 2. The predicted octanol–water partition coefficient (Wildman–Crippen LogP) is 4.97. The first-order chi connectivity index (χ1) is 18.2. The second-order valence-electron chi connectivity index (χ2n) is 9.63. The van der Waals surface area contributed by atoms with Gasteiger partial charge in [0, 0.05) is 12.6 Å². The highest BCUT2D eigenvalue weighted by molar-refractivity contribution is 5.84. The summed E-state index contributed by atoms with van der Waals surface area (Å²) in [5, 5.41) is 26.1. The fourth-order valence-electron chi connectivity index (χ4n) is 4.63. The van der Waals surface area contributed by atoms with Crippen molar-refractivity contribution >= 4 is 22.9 Å². The van der Waals surface area contributed by atoms with Crippen LogP contribution in [0, 0.1) is 0 Å². The number of aliphatic hydroxyl groups is 1. The van der Waals surface area contributed by atoms with Gasteiger partial charge in [-0.1, -0.05) is 24.3 Å². The first-order valence-electron chi connectivity index (χ1n) is 12.6. The summed E-state index contributed by atoms with van der Waals surface area (Å²) >= 11 is 0. The number of alkyl halides is 3. The Morgan fingerprint density at radius 2 is 1.61 bits per heavy atom. The van der Waals surface area contributed by atoms with Crippen molar-refractivity contribution in [3.05, 3.63) is 71.5 Å². The molecule has 1 fully saturated rings. The highest BCUT2D eigenvalue weighted by Gasteiger charge is 2.30. The highest BCUT2D eigenvalue weighted by atomic mass is 19.4. The lowest BCUT2D eigenvalue weighted by Crippen LogP contribution is -2.29. The van der Waals surface area contributed by atoms with Crippen molar-refractivity contribution in [3.63, 3.8) is 0 Å². The van der Waals surface area contributed by atoms with Crippen LogP contribution in [0.5, 0.6) is 5.75 Å². The molecule has 0 radical (unpaired) electrons. The number of phenolic OH excluding ortho intramolecular Hbond substituents is 1. The third-order valence-electron chi connectivity index (χ3n) is 6.77. The van der Waals surface area contributed by atoms with Crippen LogP contribution in [0.3, 0.4) is 0 Å². The minimum Gasteiger partial charge on any atom is -0.508 e. The molecule has 38 heavy (non-hydrogen) atoms. The second-order valence-corrected chi connectivity index (χ2v) is 9.63.